The standard InChI is InChI=1S/C27H21BrN2O3/c1-2-17-9-12-19(13-10-17)32-16-26(31)29-18-11-14-25-24(15-18)30-27(33-25)22-7-3-6-21-20(22)5-4-8-23(21)28/h3-15H,2,16H2,1H3,(H,29,31). The first-order chi connectivity index (χ1) is 16.1. The number of nitrogens with one attached hydrogen (secondary N) is 1. The van der Waals surface area contributed by atoms with Crippen molar-refractivity contribution in [3.05, 3.63) is 88.9 Å². The van der Waals surface area contributed by atoms with Gasteiger partial charge in [-0.05, 0) is 65.2 Å². The van der Waals surface area contributed by atoms with Gasteiger partial charge in [0, 0.05) is 15.7 Å². The molecule has 1 amide bonds. The van der Waals surface area contributed by atoms with Crippen LogP contribution in [0.5, 0.6) is 5.75 Å². The van der Waals surface area contributed by atoms with Crippen molar-refractivity contribution in [1.82, 2.24) is 4.98 Å². The van der Waals surface area contributed by atoms with Crippen molar-refractivity contribution >= 4 is 49.4 Å². The minimum atomic E-state index is -0.239. The second-order valence-corrected chi connectivity index (χ2v) is 8.53. The third kappa shape index (κ3) is 4.47. The molecule has 6 heteroatoms. The van der Waals surface area contributed by atoms with E-state index in [9.17, 15) is 4.79 Å². The van der Waals surface area contributed by atoms with Gasteiger partial charge in [-0.1, -0.05) is 59.3 Å². The van der Waals surface area contributed by atoms with Gasteiger partial charge in [0.05, 0.1) is 0 Å². The predicted molar refractivity (Wildman–Crippen MR) is 135 cm³/mol. The van der Waals surface area contributed by atoms with Crippen LogP contribution in [0.2, 0.25) is 0 Å². The maximum Gasteiger partial charge on any atom is 0.262 e. The Labute approximate surface area is 199 Å². The van der Waals surface area contributed by atoms with Crippen LogP contribution in [-0.4, -0.2) is 17.5 Å². The van der Waals surface area contributed by atoms with Crippen molar-refractivity contribution in [1.29, 1.82) is 0 Å². The lowest BCUT2D eigenvalue weighted by Crippen LogP contribution is -2.20. The highest BCUT2D eigenvalue weighted by Gasteiger charge is 2.13. The normalized spacial score (nSPS) is 11.1. The summed E-state index contributed by atoms with van der Waals surface area (Å²) in [6, 6.07) is 25.2. The third-order valence-corrected chi connectivity index (χ3v) is 6.16. The molecule has 0 aliphatic heterocycles. The molecule has 0 bridgehead atoms. The van der Waals surface area contributed by atoms with E-state index in [1.165, 1.54) is 5.56 Å². The van der Waals surface area contributed by atoms with E-state index in [2.05, 4.69) is 39.2 Å². The van der Waals surface area contributed by atoms with Crippen LogP contribution < -0.4 is 10.1 Å². The van der Waals surface area contributed by atoms with Crippen molar-refractivity contribution in [3.63, 3.8) is 0 Å². The fourth-order valence-corrected chi connectivity index (χ4v) is 4.24. The molecular weight excluding hydrogens is 480 g/mol. The Morgan fingerprint density at radius 2 is 1.79 bits per heavy atom. The van der Waals surface area contributed by atoms with Crippen molar-refractivity contribution in [2.45, 2.75) is 13.3 Å². The number of aryl methyl sites for hydroxylation is 1. The Balaban J connectivity index is 1.33. The van der Waals surface area contributed by atoms with Crippen LogP contribution in [0.3, 0.4) is 0 Å². The maximum absolute atomic E-state index is 12.4. The van der Waals surface area contributed by atoms with E-state index < -0.39 is 0 Å². The van der Waals surface area contributed by atoms with Gasteiger partial charge < -0.3 is 14.5 Å². The van der Waals surface area contributed by atoms with Gasteiger partial charge in [0.25, 0.3) is 5.91 Å². The molecule has 1 N–H and O–H groups in total. The molecule has 0 atom stereocenters. The van der Waals surface area contributed by atoms with Crippen molar-refractivity contribution < 1.29 is 13.9 Å². The molecule has 5 rings (SSSR count). The van der Waals surface area contributed by atoms with Gasteiger partial charge in [0.2, 0.25) is 5.89 Å². The van der Waals surface area contributed by atoms with Gasteiger partial charge in [-0.15, -0.1) is 0 Å². The fourth-order valence-electron chi connectivity index (χ4n) is 3.75. The number of benzene rings is 4. The monoisotopic (exact) mass is 500 g/mol. The highest BCUT2D eigenvalue weighted by atomic mass is 79.9. The summed E-state index contributed by atoms with van der Waals surface area (Å²) < 4.78 is 12.6. The van der Waals surface area contributed by atoms with E-state index in [0.29, 0.717) is 28.4 Å². The Hall–Kier alpha value is -3.64. The van der Waals surface area contributed by atoms with E-state index in [1.807, 2.05) is 60.7 Å². The average Bonchev–Trinajstić information content (AvgIpc) is 3.26. The Kier molecular flexibility index (Phi) is 5.84. The number of halogens is 1. The Morgan fingerprint density at radius 1 is 1.00 bits per heavy atom. The lowest BCUT2D eigenvalue weighted by Gasteiger charge is -2.08. The summed E-state index contributed by atoms with van der Waals surface area (Å²) in [6.45, 7) is 2.03. The van der Waals surface area contributed by atoms with Crippen LogP contribution in [-0.2, 0) is 11.2 Å². The molecule has 5 nitrogen and oxygen atoms in total. The number of anilines is 1. The van der Waals surface area contributed by atoms with Crippen LogP contribution in [0.4, 0.5) is 5.69 Å². The van der Waals surface area contributed by atoms with Gasteiger partial charge in [-0.25, -0.2) is 4.98 Å². The first-order valence-corrected chi connectivity index (χ1v) is 11.5. The number of nitrogens with zero attached hydrogens (tertiary/aromatic N) is 1. The molecule has 0 radical (unpaired) electrons. The number of hydrogen-bond acceptors (Lipinski definition) is 4. The number of aromatic nitrogens is 1. The number of hydrogen-bond donors (Lipinski definition) is 1. The predicted octanol–water partition coefficient (Wildman–Crippen LogP) is 6.99. The largest absolute Gasteiger partial charge is 0.484 e. The molecule has 0 spiro atoms. The number of carbonyl (C=O) groups excluding carboxylic acids is 1. The molecule has 0 saturated heterocycles. The number of amides is 1. The second-order valence-electron chi connectivity index (χ2n) is 7.68. The molecule has 0 saturated carbocycles. The average molecular weight is 501 g/mol. The molecule has 0 fully saturated rings. The minimum Gasteiger partial charge on any atom is -0.484 e. The molecule has 33 heavy (non-hydrogen) atoms. The first-order valence-electron chi connectivity index (χ1n) is 10.7. The summed E-state index contributed by atoms with van der Waals surface area (Å²) in [6.07, 6.45) is 0.963. The molecule has 0 aliphatic rings. The maximum atomic E-state index is 12.4. The molecule has 5 aromatic rings. The van der Waals surface area contributed by atoms with E-state index in [0.717, 1.165) is 27.2 Å². The molecule has 0 unspecified atom stereocenters. The van der Waals surface area contributed by atoms with Gasteiger partial charge >= 0.3 is 0 Å². The van der Waals surface area contributed by atoms with Crippen LogP contribution in [0, 0.1) is 0 Å². The number of carbonyl (C=O) groups is 1. The summed E-state index contributed by atoms with van der Waals surface area (Å²) in [5.74, 6) is 0.966. The first kappa shape index (κ1) is 21.2. The molecule has 0 aliphatic carbocycles. The zero-order chi connectivity index (χ0) is 22.8. The number of rotatable bonds is 6. The van der Waals surface area contributed by atoms with Crippen LogP contribution in [0.1, 0.15) is 12.5 Å². The highest BCUT2D eigenvalue weighted by molar-refractivity contribution is 9.10. The van der Waals surface area contributed by atoms with E-state index in [1.54, 1.807) is 12.1 Å². The highest BCUT2D eigenvalue weighted by Crippen LogP contribution is 2.34. The summed E-state index contributed by atoms with van der Waals surface area (Å²) in [7, 11) is 0. The van der Waals surface area contributed by atoms with Crippen molar-refractivity contribution in [2.24, 2.45) is 0 Å². The minimum absolute atomic E-state index is 0.0710. The molecule has 1 aromatic heterocycles. The topological polar surface area (TPSA) is 64.4 Å². The van der Waals surface area contributed by atoms with Gasteiger partial charge in [0.15, 0.2) is 12.2 Å². The number of oxazole rings is 1. The molecule has 4 aromatic carbocycles. The van der Waals surface area contributed by atoms with E-state index >= 15 is 0 Å². The molecule has 164 valence electrons. The smallest absolute Gasteiger partial charge is 0.262 e. The molecular formula is C27H21BrN2O3. The van der Waals surface area contributed by atoms with Gasteiger partial charge in [-0.2, -0.15) is 0 Å². The lowest BCUT2D eigenvalue weighted by atomic mass is 10.0. The number of ether oxygens (including phenoxy) is 1. The number of fused-ring (bicyclic) bond motifs is 2. The Morgan fingerprint density at radius 3 is 2.61 bits per heavy atom. The van der Waals surface area contributed by atoms with E-state index in [4.69, 9.17) is 9.15 Å². The summed E-state index contributed by atoms with van der Waals surface area (Å²) in [5.41, 5.74) is 4.10. The Bertz CT molecular complexity index is 1460. The van der Waals surface area contributed by atoms with Gasteiger partial charge in [0.1, 0.15) is 11.3 Å². The van der Waals surface area contributed by atoms with Crippen molar-refractivity contribution in [2.75, 3.05) is 11.9 Å². The SMILES string of the molecule is CCc1ccc(OCC(=O)Nc2ccc3oc(-c4cccc5c(Br)cccc45)nc3c2)cc1. The van der Waals surface area contributed by atoms with E-state index in [-0.39, 0.29) is 12.5 Å². The second kappa shape index (κ2) is 9.08. The van der Waals surface area contributed by atoms with Crippen LogP contribution in [0.15, 0.2) is 87.8 Å². The summed E-state index contributed by atoms with van der Waals surface area (Å²) in [4.78, 5) is 17.0. The van der Waals surface area contributed by atoms with Gasteiger partial charge in [-0.3, -0.25) is 4.79 Å². The molecule has 1 heterocycles. The van der Waals surface area contributed by atoms with Crippen LogP contribution >= 0.6 is 15.9 Å². The quantitative estimate of drug-likeness (QED) is 0.272. The van der Waals surface area contributed by atoms with Crippen LogP contribution in [0.25, 0.3) is 33.3 Å². The summed E-state index contributed by atoms with van der Waals surface area (Å²) >= 11 is 3.60. The fraction of sp³-hybridized carbons (Fsp3) is 0.111. The summed E-state index contributed by atoms with van der Waals surface area (Å²) in [5, 5.41) is 5.01. The third-order valence-electron chi connectivity index (χ3n) is 5.47. The zero-order valence-electron chi connectivity index (χ0n) is 18.0. The lowest BCUT2D eigenvalue weighted by molar-refractivity contribution is -0.118. The van der Waals surface area contributed by atoms with Crippen molar-refractivity contribution in [3.8, 4) is 17.2 Å². The zero-order valence-corrected chi connectivity index (χ0v) is 19.6.